The van der Waals surface area contributed by atoms with Crippen LogP contribution in [0, 0.1) is 0 Å². The Labute approximate surface area is 148 Å². The number of carbonyl (C=O) groups is 3. The van der Waals surface area contributed by atoms with Crippen molar-refractivity contribution in [2.45, 2.75) is 0 Å². The molecule has 0 saturated carbocycles. The van der Waals surface area contributed by atoms with Gasteiger partial charge in [-0.15, -0.1) is 0 Å². The minimum absolute atomic E-state index is 0.0373. The number of phenols is 2. The fraction of sp³-hybridized carbons (Fsp3) is 0.211. The number of ether oxygens (including phenoxy) is 1. The van der Waals surface area contributed by atoms with E-state index in [0.29, 0.717) is 26.3 Å². The second-order valence-electron chi connectivity index (χ2n) is 6.18. The van der Waals surface area contributed by atoms with E-state index in [1.54, 1.807) is 4.90 Å². The minimum Gasteiger partial charge on any atom is -0.507 e. The zero-order chi connectivity index (χ0) is 18.4. The Hall–Kier alpha value is -3.19. The van der Waals surface area contributed by atoms with Gasteiger partial charge in [0.1, 0.15) is 11.5 Å². The summed E-state index contributed by atoms with van der Waals surface area (Å²) in [7, 11) is 0. The predicted molar refractivity (Wildman–Crippen MR) is 89.8 cm³/mol. The van der Waals surface area contributed by atoms with Gasteiger partial charge < -0.3 is 19.8 Å². The van der Waals surface area contributed by atoms with Crippen LogP contribution in [-0.2, 0) is 4.74 Å². The van der Waals surface area contributed by atoms with E-state index in [0.717, 1.165) is 0 Å². The van der Waals surface area contributed by atoms with Crippen LogP contribution in [0.25, 0.3) is 0 Å². The van der Waals surface area contributed by atoms with Crippen molar-refractivity contribution >= 4 is 17.5 Å². The highest BCUT2D eigenvalue weighted by molar-refractivity contribution is 6.30. The molecule has 4 rings (SSSR count). The van der Waals surface area contributed by atoms with Crippen molar-refractivity contribution in [3.05, 3.63) is 58.1 Å². The summed E-state index contributed by atoms with van der Waals surface area (Å²) < 4.78 is 5.22. The normalized spacial score (nSPS) is 16.2. The molecule has 2 aromatic carbocycles. The molecule has 1 aliphatic heterocycles. The SMILES string of the molecule is O=C1c2cccc(O)c2C(=O)c2c(O)cc(C(=O)N3CCOCC3)cc21. The Bertz CT molecular complexity index is 959. The van der Waals surface area contributed by atoms with Crippen molar-refractivity contribution in [2.75, 3.05) is 26.3 Å². The number of hydrogen-bond acceptors (Lipinski definition) is 6. The molecule has 1 heterocycles. The van der Waals surface area contributed by atoms with Gasteiger partial charge in [-0.1, -0.05) is 12.1 Å². The maximum atomic E-state index is 12.8. The molecule has 0 aromatic heterocycles. The number of carbonyl (C=O) groups excluding carboxylic acids is 3. The van der Waals surface area contributed by atoms with E-state index in [2.05, 4.69) is 0 Å². The van der Waals surface area contributed by atoms with Gasteiger partial charge >= 0.3 is 0 Å². The molecule has 0 unspecified atom stereocenters. The monoisotopic (exact) mass is 353 g/mol. The van der Waals surface area contributed by atoms with Gasteiger partial charge in [-0.25, -0.2) is 0 Å². The Morgan fingerprint density at radius 2 is 1.62 bits per heavy atom. The standard InChI is InChI=1S/C19H15NO6/c21-13-3-1-2-11-15(13)18(24)16-12(17(11)23)8-10(9-14(16)22)19(25)20-4-6-26-7-5-20/h1-3,8-9,21-22H,4-7H2. The van der Waals surface area contributed by atoms with Crippen LogP contribution in [0.1, 0.15) is 42.2 Å². The first-order valence-corrected chi connectivity index (χ1v) is 8.14. The van der Waals surface area contributed by atoms with Crippen LogP contribution in [0.2, 0.25) is 0 Å². The molecule has 7 nitrogen and oxygen atoms in total. The Morgan fingerprint density at radius 3 is 2.35 bits per heavy atom. The third kappa shape index (κ3) is 2.36. The average Bonchev–Trinajstić information content (AvgIpc) is 2.65. The molecule has 26 heavy (non-hydrogen) atoms. The Morgan fingerprint density at radius 1 is 0.923 bits per heavy atom. The van der Waals surface area contributed by atoms with Crippen molar-refractivity contribution in [1.29, 1.82) is 0 Å². The molecular formula is C19H15NO6. The second-order valence-corrected chi connectivity index (χ2v) is 6.18. The molecule has 0 radical (unpaired) electrons. The summed E-state index contributed by atoms with van der Waals surface area (Å²) in [5.74, 6) is -2.27. The van der Waals surface area contributed by atoms with Crippen LogP contribution in [0.15, 0.2) is 30.3 Å². The number of ketones is 2. The number of phenolic OH excluding ortho intramolecular Hbond substituents is 2. The molecule has 1 saturated heterocycles. The van der Waals surface area contributed by atoms with Gasteiger partial charge in [0.05, 0.1) is 24.3 Å². The number of morpholine rings is 1. The first-order valence-electron chi connectivity index (χ1n) is 8.14. The largest absolute Gasteiger partial charge is 0.507 e. The van der Waals surface area contributed by atoms with Crippen LogP contribution >= 0.6 is 0 Å². The number of benzene rings is 2. The highest BCUT2D eigenvalue weighted by atomic mass is 16.5. The zero-order valence-electron chi connectivity index (χ0n) is 13.7. The molecule has 0 atom stereocenters. The summed E-state index contributed by atoms with van der Waals surface area (Å²) in [6.45, 7) is 1.68. The van der Waals surface area contributed by atoms with Crippen LogP contribution in [0.4, 0.5) is 0 Å². The molecule has 1 fully saturated rings. The Balaban J connectivity index is 1.82. The van der Waals surface area contributed by atoms with Crippen LogP contribution < -0.4 is 0 Å². The molecule has 0 spiro atoms. The molecule has 1 amide bonds. The highest BCUT2D eigenvalue weighted by Crippen LogP contribution is 2.37. The van der Waals surface area contributed by atoms with Gasteiger partial charge in [0.15, 0.2) is 5.78 Å². The third-order valence-electron chi connectivity index (χ3n) is 4.65. The van der Waals surface area contributed by atoms with E-state index in [1.807, 2.05) is 0 Å². The van der Waals surface area contributed by atoms with E-state index < -0.39 is 17.3 Å². The van der Waals surface area contributed by atoms with Gasteiger partial charge in [0, 0.05) is 29.8 Å². The number of nitrogens with zero attached hydrogens (tertiary/aromatic N) is 1. The number of rotatable bonds is 1. The van der Waals surface area contributed by atoms with E-state index in [-0.39, 0.29) is 39.5 Å². The van der Waals surface area contributed by atoms with E-state index in [1.165, 1.54) is 30.3 Å². The minimum atomic E-state index is -0.643. The van der Waals surface area contributed by atoms with Crippen LogP contribution in [0.3, 0.4) is 0 Å². The molecular weight excluding hydrogens is 338 g/mol. The van der Waals surface area contributed by atoms with E-state index >= 15 is 0 Å². The average molecular weight is 353 g/mol. The fourth-order valence-electron chi connectivity index (χ4n) is 3.36. The quantitative estimate of drug-likeness (QED) is 0.684. The van der Waals surface area contributed by atoms with Gasteiger partial charge in [-0.3, -0.25) is 14.4 Å². The Kier molecular flexibility index (Phi) is 3.73. The zero-order valence-corrected chi connectivity index (χ0v) is 13.7. The van der Waals surface area contributed by atoms with Gasteiger partial charge in [0.2, 0.25) is 5.78 Å². The second kappa shape index (κ2) is 5.96. The van der Waals surface area contributed by atoms with E-state index in [4.69, 9.17) is 4.74 Å². The predicted octanol–water partition coefficient (Wildman–Crippen LogP) is 1.35. The summed E-state index contributed by atoms with van der Waals surface area (Å²) >= 11 is 0. The topological polar surface area (TPSA) is 104 Å². The molecule has 2 aliphatic rings. The number of fused-ring (bicyclic) bond motifs is 2. The van der Waals surface area contributed by atoms with Crippen molar-refractivity contribution in [2.24, 2.45) is 0 Å². The molecule has 7 heteroatoms. The molecule has 0 bridgehead atoms. The summed E-state index contributed by atoms with van der Waals surface area (Å²) in [6, 6.07) is 6.73. The number of aromatic hydroxyl groups is 2. The van der Waals surface area contributed by atoms with Crippen molar-refractivity contribution < 1.29 is 29.3 Å². The number of hydrogen-bond donors (Lipinski definition) is 2. The lowest BCUT2D eigenvalue weighted by Gasteiger charge is -2.27. The molecule has 132 valence electrons. The van der Waals surface area contributed by atoms with Gasteiger partial charge in [-0.05, 0) is 18.2 Å². The molecule has 2 N–H and O–H groups in total. The van der Waals surface area contributed by atoms with Crippen molar-refractivity contribution in [1.82, 2.24) is 4.90 Å². The molecule has 2 aromatic rings. The summed E-state index contributed by atoms with van der Waals surface area (Å²) in [5.41, 5.74) is -0.175. The van der Waals surface area contributed by atoms with Gasteiger partial charge in [0.25, 0.3) is 5.91 Å². The smallest absolute Gasteiger partial charge is 0.254 e. The summed E-state index contributed by atoms with van der Waals surface area (Å²) in [4.78, 5) is 39.7. The first-order chi connectivity index (χ1) is 12.5. The lowest BCUT2D eigenvalue weighted by Crippen LogP contribution is -2.40. The fourth-order valence-corrected chi connectivity index (χ4v) is 3.36. The summed E-state index contributed by atoms with van der Waals surface area (Å²) in [6.07, 6.45) is 0. The third-order valence-corrected chi connectivity index (χ3v) is 4.65. The maximum Gasteiger partial charge on any atom is 0.254 e. The summed E-state index contributed by atoms with van der Waals surface area (Å²) in [5, 5.41) is 20.3. The van der Waals surface area contributed by atoms with Crippen molar-refractivity contribution in [3.8, 4) is 11.5 Å². The lowest BCUT2D eigenvalue weighted by molar-refractivity contribution is 0.0302. The first kappa shape index (κ1) is 16.3. The van der Waals surface area contributed by atoms with Crippen LogP contribution in [-0.4, -0.2) is 58.9 Å². The van der Waals surface area contributed by atoms with Crippen LogP contribution in [0.5, 0.6) is 11.5 Å². The molecule has 1 aliphatic carbocycles. The van der Waals surface area contributed by atoms with Crippen molar-refractivity contribution in [3.63, 3.8) is 0 Å². The maximum absolute atomic E-state index is 12.8. The van der Waals surface area contributed by atoms with Gasteiger partial charge in [-0.2, -0.15) is 0 Å². The lowest BCUT2D eigenvalue weighted by atomic mass is 9.82. The van der Waals surface area contributed by atoms with E-state index in [9.17, 15) is 24.6 Å². The number of amides is 1. The highest BCUT2D eigenvalue weighted by Gasteiger charge is 2.35.